The second-order valence-corrected chi connectivity index (χ2v) is 7.05. The molecule has 0 aliphatic heterocycles. The molecule has 1 N–H and O–H groups in total. The van der Waals surface area contributed by atoms with Gasteiger partial charge in [-0.15, -0.1) is 0 Å². The molecule has 0 spiro atoms. The third kappa shape index (κ3) is 5.18. The highest BCUT2D eigenvalue weighted by atomic mass is 32.2. The SMILES string of the molecule is CCCC[C@H](CC)CNS(=O)(=O)c1ccc(OC)c(OC)c1. The zero-order valence-electron chi connectivity index (χ0n) is 13.9. The molecule has 5 nitrogen and oxygen atoms in total. The first-order valence-corrected chi connectivity index (χ1v) is 9.18. The van der Waals surface area contributed by atoms with Crippen LogP contribution >= 0.6 is 0 Å². The van der Waals surface area contributed by atoms with Gasteiger partial charge < -0.3 is 9.47 Å². The second-order valence-electron chi connectivity index (χ2n) is 5.29. The average Bonchev–Trinajstić information content (AvgIpc) is 2.54. The van der Waals surface area contributed by atoms with E-state index in [4.69, 9.17) is 9.47 Å². The highest BCUT2D eigenvalue weighted by Crippen LogP contribution is 2.29. The second kappa shape index (κ2) is 9.00. The van der Waals surface area contributed by atoms with Gasteiger partial charge in [-0.25, -0.2) is 13.1 Å². The lowest BCUT2D eigenvalue weighted by atomic mass is 10.00. The monoisotopic (exact) mass is 329 g/mol. The van der Waals surface area contributed by atoms with E-state index in [1.54, 1.807) is 6.07 Å². The lowest BCUT2D eigenvalue weighted by Gasteiger charge is -2.16. The Labute approximate surface area is 134 Å². The molecule has 0 aromatic heterocycles. The van der Waals surface area contributed by atoms with Crippen LogP contribution in [0.3, 0.4) is 0 Å². The van der Waals surface area contributed by atoms with Crippen molar-refractivity contribution >= 4 is 10.0 Å². The minimum Gasteiger partial charge on any atom is -0.493 e. The minimum atomic E-state index is -3.53. The smallest absolute Gasteiger partial charge is 0.240 e. The van der Waals surface area contributed by atoms with Crippen LogP contribution in [0.1, 0.15) is 39.5 Å². The number of ether oxygens (including phenoxy) is 2. The molecule has 1 rings (SSSR count). The van der Waals surface area contributed by atoms with Gasteiger partial charge in [-0.05, 0) is 24.5 Å². The maximum atomic E-state index is 12.4. The first-order chi connectivity index (χ1) is 10.5. The molecule has 0 saturated carbocycles. The Morgan fingerprint density at radius 2 is 1.82 bits per heavy atom. The Hall–Kier alpha value is -1.27. The molecule has 0 aliphatic carbocycles. The van der Waals surface area contributed by atoms with Crippen molar-refractivity contribution in [2.75, 3.05) is 20.8 Å². The van der Waals surface area contributed by atoms with Gasteiger partial charge >= 0.3 is 0 Å². The molecular formula is C16H27NO4S. The number of benzene rings is 1. The van der Waals surface area contributed by atoms with Crippen LogP contribution in [-0.2, 0) is 10.0 Å². The van der Waals surface area contributed by atoms with E-state index in [1.807, 2.05) is 0 Å². The minimum absolute atomic E-state index is 0.190. The largest absolute Gasteiger partial charge is 0.493 e. The summed E-state index contributed by atoms with van der Waals surface area (Å²) in [6.45, 7) is 4.69. The summed E-state index contributed by atoms with van der Waals surface area (Å²) >= 11 is 0. The molecule has 126 valence electrons. The molecule has 0 heterocycles. The average molecular weight is 329 g/mol. The van der Waals surface area contributed by atoms with Crippen molar-refractivity contribution in [3.63, 3.8) is 0 Å². The van der Waals surface area contributed by atoms with Crippen molar-refractivity contribution in [3.05, 3.63) is 18.2 Å². The zero-order valence-corrected chi connectivity index (χ0v) is 14.7. The van der Waals surface area contributed by atoms with Crippen molar-refractivity contribution in [3.8, 4) is 11.5 Å². The van der Waals surface area contributed by atoms with Gasteiger partial charge in [0.2, 0.25) is 10.0 Å². The Balaban J connectivity index is 2.81. The number of rotatable bonds is 10. The fourth-order valence-corrected chi connectivity index (χ4v) is 3.37. The van der Waals surface area contributed by atoms with Gasteiger partial charge in [0.15, 0.2) is 11.5 Å². The molecule has 1 aromatic carbocycles. The highest BCUT2D eigenvalue weighted by Gasteiger charge is 2.18. The lowest BCUT2D eigenvalue weighted by molar-refractivity contribution is 0.354. The van der Waals surface area contributed by atoms with Crippen LogP contribution < -0.4 is 14.2 Å². The molecule has 0 aliphatic rings. The maximum Gasteiger partial charge on any atom is 0.240 e. The van der Waals surface area contributed by atoms with Crippen molar-refractivity contribution < 1.29 is 17.9 Å². The van der Waals surface area contributed by atoms with Crippen LogP contribution in [0.4, 0.5) is 0 Å². The van der Waals surface area contributed by atoms with Gasteiger partial charge in [-0.1, -0.05) is 33.1 Å². The molecular weight excluding hydrogens is 302 g/mol. The first-order valence-electron chi connectivity index (χ1n) is 7.70. The van der Waals surface area contributed by atoms with Crippen molar-refractivity contribution in [2.24, 2.45) is 5.92 Å². The van der Waals surface area contributed by atoms with Crippen molar-refractivity contribution in [1.29, 1.82) is 0 Å². The van der Waals surface area contributed by atoms with Crippen molar-refractivity contribution in [2.45, 2.75) is 44.4 Å². The molecule has 0 bridgehead atoms. The Morgan fingerprint density at radius 1 is 1.14 bits per heavy atom. The number of nitrogens with one attached hydrogen (secondary N) is 1. The summed E-state index contributed by atoms with van der Waals surface area (Å²) in [5.41, 5.74) is 0. The van der Waals surface area contributed by atoms with Crippen LogP contribution in [0.15, 0.2) is 23.1 Å². The summed E-state index contributed by atoms with van der Waals surface area (Å²) in [6, 6.07) is 4.60. The predicted molar refractivity (Wildman–Crippen MR) is 88.0 cm³/mol. The molecule has 0 unspecified atom stereocenters. The van der Waals surface area contributed by atoms with E-state index in [0.29, 0.717) is 24.0 Å². The summed E-state index contributed by atoms with van der Waals surface area (Å²) in [6.07, 6.45) is 4.26. The topological polar surface area (TPSA) is 64.6 Å². The van der Waals surface area contributed by atoms with E-state index in [0.717, 1.165) is 25.7 Å². The Morgan fingerprint density at radius 3 is 2.36 bits per heavy atom. The lowest BCUT2D eigenvalue weighted by Crippen LogP contribution is -2.29. The fourth-order valence-electron chi connectivity index (χ4n) is 2.24. The summed E-state index contributed by atoms with van der Waals surface area (Å²) in [4.78, 5) is 0.190. The summed E-state index contributed by atoms with van der Waals surface area (Å²) in [7, 11) is -0.530. The van der Waals surface area contributed by atoms with E-state index >= 15 is 0 Å². The molecule has 6 heteroatoms. The van der Waals surface area contributed by atoms with Gasteiger partial charge in [0.25, 0.3) is 0 Å². The van der Waals surface area contributed by atoms with Gasteiger partial charge in [0.05, 0.1) is 19.1 Å². The molecule has 1 aromatic rings. The number of hydrogen-bond acceptors (Lipinski definition) is 4. The summed E-state index contributed by atoms with van der Waals surface area (Å²) in [5.74, 6) is 1.29. The van der Waals surface area contributed by atoms with Crippen LogP contribution in [-0.4, -0.2) is 29.2 Å². The molecule has 0 amide bonds. The molecule has 22 heavy (non-hydrogen) atoms. The zero-order chi connectivity index (χ0) is 16.6. The summed E-state index contributed by atoms with van der Waals surface area (Å²) in [5, 5.41) is 0. The molecule has 0 saturated heterocycles. The van der Waals surface area contributed by atoms with E-state index in [-0.39, 0.29) is 4.90 Å². The Kier molecular flexibility index (Phi) is 7.68. The van der Waals surface area contributed by atoms with Gasteiger partial charge in [-0.2, -0.15) is 0 Å². The molecule has 1 atom stereocenters. The van der Waals surface area contributed by atoms with E-state index < -0.39 is 10.0 Å². The predicted octanol–water partition coefficient (Wildman–Crippen LogP) is 3.20. The number of hydrogen-bond donors (Lipinski definition) is 1. The van der Waals surface area contributed by atoms with E-state index in [2.05, 4.69) is 18.6 Å². The van der Waals surface area contributed by atoms with Gasteiger partial charge in [-0.3, -0.25) is 0 Å². The van der Waals surface area contributed by atoms with E-state index in [9.17, 15) is 8.42 Å². The Bertz CT molecular complexity index is 557. The third-order valence-electron chi connectivity index (χ3n) is 3.77. The number of methoxy groups -OCH3 is 2. The highest BCUT2D eigenvalue weighted by molar-refractivity contribution is 7.89. The quantitative estimate of drug-likeness (QED) is 0.716. The van der Waals surface area contributed by atoms with Crippen molar-refractivity contribution in [1.82, 2.24) is 4.72 Å². The van der Waals surface area contributed by atoms with Crippen LogP contribution in [0.25, 0.3) is 0 Å². The normalized spacial score (nSPS) is 12.9. The van der Waals surface area contributed by atoms with Gasteiger partial charge in [0.1, 0.15) is 0 Å². The molecule has 0 radical (unpaired) electrons. The fraction of sp³-hybridized carbons (Fsp3) is 0.625. The molecule has 0 fully saturated rings. The van der Waals surface area contributed by atoms with E-state index in [1.165, 1.54) is 26.4 Å². The standard InChI is InChI=1S/C16H27NO4S/c1-5-7-8-13(6-2)12-17-22(18,19)14-9-10-15(20-3)16(11-14)21-4/h9-11,13,17H,5-8,12H2,1-4H3/t13-/m0/s1. The first kappa shape index (κ1) is 18.8. The van der Waals surface area contributed by atoms with Crippen LogP contribution in [0.5, 0.6) is 11.5 Å². The third-order valence-corrected chi connectivity index (χ3v) is 5.19. The van der Waals surface area contributed by atoms with Crippen LogP contribution in [0.2, 0.25) is 0 Å². The van der Waals surface area contributed by atoms with Crippen LogP contribution in [0, 0.1) is 5.92 Å². The number of unbranched alkanes of at least 4 members (excludes halogenated alkanes) is 1. The van der Waals surface area contributed by atoms with Gasteiger partial charge in [0, 0.05) is 12.6 Å². The maximum absolute atomic E-state index is 12.4. The summed E-state index contributed by atoms with van der Waals surface area (Å²) < 4.78 is 37.8. The number of sulfonamides is 1.